The van der Waals surface area contributed by atoms with Crippen molar-refractivity contribution in [2.75, 3.05) is 12.4 Å². The zero-order chi connectivity index (χ0) is 15.8. The second kappa shape index (κ2) is 5.64. The maximum atomic E-state index is 12.6. The summed E-state index contributed by atoms with van der Waals surface area (Å²) in [5.41, 5.74) is 1.45. The van der Waals surface area contributed by atoms with E-state index in [0.29, 0.717) is 16.4 Å². The third kappa shape index (κ3) is 2.46. The molecule has 4 rings (SSSR count). The highest BCUT2D eigenvalue weighted by atomic mass is 32.1. The summed E-state index contributed by atoms with van der Waals surface area (Å²) in [7, 11) is 1.61. The minimum absolute atomic E-state index is 0.138. The first kappa shape index (κ1) is 14.2. The van der Waals surface area contributed by atoms with Gasteiger partial charge in [0, 0.05) is 15.5 Å². The standard InChI is InChI=1S/C17H12N2O2S2/c1-21-12-6-4-8-14-15(12)18-17(23-14)19-16(20)11-9-22-13-7-3-2-5-10(11)13/h2-9H,1H3,(H,18,19,20). The molecule has 2 heterocycles. The Bertz CT molecular complexity index is 1020. The number of nitrogens with zero attached hydrogens (tertiary/aromatic N) is 1. The molecule has 0 bridgehead atoms. The van der Waals surface area contributed by atoms with Gasteiger partial charge in [-0.1, -0.05) is 35.6 Å². The maximum Gasteiger partial charge on any atom is 0.258 e. The number of fused-ring (bicyclic) bond motifs is 2. The molecule has 0 aliphatic heterocycles. The summed E-state index contributed by atoms with van der Waals surface area (Å²) >= 11 is 3.00. The maximum absolute atomic E-state index is 12.6. The molecule has 6 heteroatoms. The van der Waals surface area contributed by atoms with Crippen LogP contribution in [0, 0.1) is 0 Å². The molecule has 1 N–H and O–H groups in total. The molecule has 0 aliphatic rings. The molecule has 0 unspecified atom stereocenters. The van der Waals surface area contributed by atoms with Crippen LogP contribution in [-0.4, -0.2) is 18.0 Å². The Morgan fingerprint density at radius 1 is 1.13 bits per heavy atom. The quantitative estimate of drug-likeness (QED) is 0.584. The minimum Gasteiger partial charge on any atom is -0.494 e. The number of benzene rings is 2. The third-order valence-electron chi connectivity index (χ3n) is 3.55. The van der Waals surface area contributed by atoms with Gasteiger partial charge in [-0.15, -0.1) is 11.3 Å². The van der Waals surface area contributed by atoms with Gasteiger partial charge in [-0.25, -0.2) is 4.98 Å². The van der Waals surface area contributed by atoms with Crippen LogP contribution in [0.2, 0.25) is 0 Å². The molecule has 4 nitrogen and oxygen atoms in total. The van der Waals surface area contributed by atoms with Gasteiger partial charge in [0.25, 0.3) is 5.91 Å². The largest absolute Gasteiger partial charge is 0.494 e. The zero-order valence-corrected chi connectivity index (χ0v) is 13.8. The lowest BCUT2D eigenvalue weighted by Gasteiger charge is -2.00. The number of hydrogen-bond donors (Lipinski definition) is 1. The van der Waals surface area contributed by atoms with E-state index in [9.17, 15) is 4.79 Å². The Morgan fingerprint density at radius 3 is 2.83 bits per heavy atom. The van der Waals surface area contributed by atoms with Crippen LogP contribution in [-0.2, 0) is 0 Å². The van der Waals surface area contributed by atoms with Gasteiger partial charge in [-0.3, -0.25) is 10.1 Å². The SMILES string of the molecule is COc1cccc2sc(NC(=O)c3csc4ccccc34)nc12. The summed E-state index contributed by atoms with van der Waals surface area (Å²) in [4.78, 5) is 17.0. The van der Waals surface area contributed by atoms with Gasteiger partial charge in [-0.2, -0.15) is 0 Å². The van der Waals surface area contributed by atoms with E-state index in [2.05, 4.69) is 10.3 Å². The Morgan fingerprint density at radius 2 is 1.96 bits per heavy atom. The first-order valence-electron chi connectivity index (χ1n) is 6.97. The molecular formula is C17H12N2O2S2. The van der Waals surface area contributed by atoms with Crippen molar-refractivity contribution in [2.45, 2.75) is 0 Å². The van der Waals surface area contributed by atoms with Crippen molar-refractivity contribution >= 4 is 54.0 Å². The molecule has 2 aromatic heterocycles. The van der Waals surface area contributed by atoms with E-state index in [-0.39, 0.29) is 5.91 Å². The number of anilines is 1. The summed E-state index contributed by atoms with van der Waals surface area (Å²) in [5.74, 6) is 0.570. The van der Waals surface area contributed by atoms with E-state index in [1.807, 2.05) is 47.8 Å². The molecule has 0 spiro atoms. The Hall–Kier alpha value is -2.44. The summed E-state index contributed by atoms with van der Waals surface area (Å²) in [5, 5.41) is 6.32. The molecule has 0 radical (unpaired) electrons. The fourth-order valence-electron chi connectivity index (χ4n) is 2.46. The molecular weight excluding hydrogens is 328 g/mol. The Kier molecular flexibility index (Phi) is 3.48. The van der Waals surface area contributed by atoms with E-state index in [4.69, 9.17) is 4.74 Å². The number of methoxy groups -OCH3 is 1. The number of amides is 1. The summed E-state index contributed by atoms with van der Waals surface area (Å²) in [6.07, 6.45) is 0. The van der Waals surface area contributed by atoms with E-state index >= 15 is 0 Å². The lowest BCUT2D eigenvalue weighted by Crippen LogP contribution is -2.10. The highest BCUT2D eigenvalue weighted by molar-refractivity contribution is 7.22. The molecule has 23 heavy (non-hydrogen) atoms. The van der Waals surface area contributed by atoms with Crippen LogP contribution in [0.25, 0.3) is 20.3 Å². The van der Waals surface area contributed by atoms with Gasteiger partial charge in [0.05, 0.1) is 17.4 Å². The van der Waals surface area contributed by atoms with E-state index in [1.165, 1.54) is 11.3 Å². The minimum atomic E-state index is -0.138. The topological polar surface area (TPSA) is 51.2 Å². The Balaban J connectivity index is 1.69. The van der Waals surface area contributed by atoms with Crippen LogP contribution in [0.15, 0.2) is 47.8 Å². The molecule has 0 atom stereocenters. The third-order valence-corrected chi connectivity index (χ3v) is 5.45. The van der Waals surface area contributed by atoms with Crippen molar-refractivity contribution in [3.8, 4) is 5.75 Å². The number of nitrogens with one attached hydrogen (secondary N) is 1. The highest BCUT2D eigenvalue weighted by Crippen LogP contribution is 2.33. The van der Waals surface area contributed by atoms with E-state index in [0.717, 1.165) is 20.3 Å². The Labute approximate surface area is 140 Å². The number of ether oxygens (including phenoxy) is 1. The van der Waals surface area contributed by atoms with E-state index in [1.54, 1.807) is 18.4 Å². The van der Waals surface area contributed by atoms with Crippen LogP contribution in [0.3, 0.4) is 0 Å². The fourth-order valence-corrected chi connectivity index (χ4v) is 4.28. The smallest absolute Gasteiger partial charge is 0.258 e. The summed E-state index contributed by atoms with van der Waals surface area (Å²) in [6, 6.07) is 13.6. The number of carbonyl (C=O) groups is 1. The van der Waals surface area contributed by atoms with Gasteiger partial charge in [-0.05, 0) is 18.2 Å². The van der Waals surface area contributed by atoms with Crippen LogP contribution < -0.4 is 10.1 Å². The number of aromatic nitrogens is 1. The first-order valence-corrected chi connectivity index (χ1v) is 8.67. The molecule has 0 fully saturated rings. The number of thiophene rings is 1. The molecule has 0 aliphatic carbocycles. The zero-order valence-electron chi connectivity index (χ0n) is 12.2. The molecule has 114 valence electrons. The number of thiazole rings is 1. The molecule has 0 saturated carbocycles. The van der Waals surface area contributed by atoms with Crippen molar-refractivity contribution in [1.82, 2.24) is 4.98 Å². The van der Waals surface area contributed by atoms with Crippen molar-refractivity contribution in [3.63, 3.8) is 0 Å². The normalized spacial score (nSPS) is 11.0. The summed E-state index contributed by atoms with van der Waals surface area (Å²) < 4.78 is 7.39. The fraction of sp³-hybridized carbons (Fsp3) is 0.0588. The lowest BCUT2D eigenvalue weighted by atomic mass is 10.2. The second-order valence-corrected chi connectivity index (χ2v) is 6.87. The average molecular weight is 340 g/mol. The average Bonchev–Trinajstić information content (AvgIpc) is 3.17. The summed E-state index contributed by atoms with van der Waals surface area (Å²) in [6.45, 7) is 0. The number of hydrogen-bond acceptors (Lipinski definition) is 5. The lowest BCUT2D eigenvalue weighted by molar-refractivity contribution is 0.102. The van der Waals surface area contributed by atoms with Crippen LogP contribution in [0.4, 0.5) is 5.13 Å². The van der Waals surface area contributed by atoms with Gasteiger partial charge in [0.2, 0.25) is 0 Å². The predicted octanol–water partition coefficient (Wildman–Crippen LogP) is 4.77. The van der Waals surface area contributed by atoms with Crippen molar-refractivity contribution in [1.29, 1.82) is 0 Å². The predicted molar refractivity (Wildman–Crippen MR) is 96.0 cm³/mol. The monoisotopic (exact) mass is 340 g/mol. The highest BCUT2D eigenvalue weighted by Gasteiger charge is 2.15. The van der Waals surface area contributed by atoms with Crippen LogP contribution in [0.5, 0.6) is 5.75 Å². The van der Waals surface area contributed by atoms with Gasteiger partial charge >= 0.3 is 0 Å². The molecule has 2 aromatic carbocycles. The molecule has 4 aromatic rings. The van der Waals surface area contributed by atoms with Crippen molar-refractivity contribution in [3.05, 3.63) is 53.4 Å². The van der Waals surface area contributed by atoms with Crippen molar-refractivity contribution < 1.29 is 9.53 Å². The van der Waals surface area contributed by atoms with Gasteiger partial charge < -0.3 is 4.74 Å². The number of carbonyl (C=O) groups excluding carboxylic acids is 1. The number of rotatable bonds is 3. The van der Waals surface area contributed by atoms with E-state index < -0.39 is 0 Å². The van der Waals surface area contributed by atoms with Crippen LogP contribution >= 0.6 is 22.7 Å². The second-order valence-electron chi connectivity index (χ2n) is 4.93. The molecule has 0 saturated heterocycles. The van der Waals surface area contributed by atoms with Gasteiger partial charge in [0.1, 0.15) is 11.3 Å². The molecule has 1 amide bonds. The van der Waals surface area contributed by atoms with Crippen molar-refractivity contribution in [2.24, 2.45) is 0 Å². The van der Waals surface area contributed by atoms with Gasteiger partial charge in [0.15, 0.2) is 5.13 Å². The number of para-hydroxylation sites is 1. The first-order chi connectivity index (χ1) is 11.3. The van der Waals surface area contributed by atoms with Crippen LogP contribution in [0.1, 0.15) is 10.4 Å².